The highest BCUT2D eigenvalue weighted by Gasteiger charge is 2.16. The number of ether oxygens (including phenoxy) is 1. The van der Waals surface area contributed by atoms with Crippen molar-refractivity contribution in [3.05, 3.63) is 94.5 Å². The predicted molar refractivity (Wildman–Crippen MR) is 118 cm³/mol. The van der Waals surface area contributed by atoms with Crippen molar-refractivity contribution in [1.29, 1.82) is 0 Å². The SMILES string of the molecule is COc1cc2c3cc(ccc3n1)C(O)c1ccc(C)c(c1)/C=C\c1cccc-2c1. The van der Waals surface area contributed by atoms with E-state index in [-0.39, 0.29) is 0 Å². The standard InChI is InChI=1S/C26H21NO2/c1-16-6-8-20-13-18(16)9-7-17-4-3-5-19(12-17)22-15-25(29-2)27-24-11-10-21(26(20)28)14-23(22)24/h3-15,26,28H,1-2H3/b9-7-. The van der Waals surface area contributed by atoms with Gasteiger partial charge in [-0.25, -0.2) is 4.98 Å². The zero-order valence-corrected chi connectivity index (χ0v) is 16.4. The van der Waals surface area contributed by atoms with Gasteiger partial charge in [-0.15, -0.1) is 0 Å². The first-order chi connectivity index (χ1) is 14.1. The van der Waals surface area contributed by atoms with E-state index in [0.29, 0.717) is 5.88 Å². The van der Waals surface area contributed by atoms with Crippen LogP contribution in [-0.2, 0) is 0 Å². The molecule has 142 valence electrons. The summed E-state index contributed by atoms with van der Waals surface area (Å²) in [4.78, 5) is 4.60. The predicted octanol–water partition coefficient (Wildman–Crippen LogP) is 5.78. The number of benzene rings is 3. The summed E-state index contributed by atoms with van der Waals surface area (Å²) in [7, 11) is 1.63. The lowest BCUT2D eigenvalue weighted by atomic mass is 9.94. The normalized spacial score (nSPS) is 16.0. The second kappa shape index (κ2) is 6.87. The minimum Gasteiger partial charge on any atom is -0.481 e. The molecule has 1 aliphatic carbocycles. The van der Waals surface area contributed by atoms with Crippen molar-refractivity contribution in [3.8, 4) is 17.0 Å². The molecular formula is C26H21NO2. The summed E-state index contributed by atoms with van der Waals surface area (Å²) >= 11 is 0. The number of aryl methyl sites for hydroxylation is 1. The number of nitrogens with zero attached hydrogens (tertiary/aromatic N) is 1. The van der Waals surface area contributed by atoms with E-state index in [0.717, 1.165) is 44.3 Å². The second-order valence-electron chi connectivity index (χ2n) is 7.47. The number of pyridine rings is 1. The zero-order valence-electron chi connectivity index (χ0n) is 16.4. The van der Waals surface area contributed by atoms with Crippen LogP contribution in [0.15, 0.2) is 66.7 Å². The lowest BCUT2D eigenvalue weighted by molar-refractivity contribution is 0.220. The van der Waals surface area contributed by atoms with Gasteiger partial charge in [-0.1, -0.05) is 48.6 Å². The first-order valence-electron chi connectivity index (χ1n) is 9.68. The molecule has 5 rings (SSSR count). The Kier molecular flexibility index (Phi) is 4.18. The van der Waals surface area contributed by atoms with E-state index in [4.69, 9.17) is 4.74 Å². The number of rotatable bonds is 1. The van der Waals surface area contributed by atoms with E-state index in [1.165, 1.54) is 5.56 Å². The van der Waals surface area contributed by atoms with Crippen molar-refractivity contribution < 1.29 is 9.84 Å². The highest BCUT2D eigenvalue weighted by Crippen LogP contribution is 2.35. The van der Waals surface area contributed by atoms with Crippen LogP contribution in [0, 0.1) is 6.92 Å². The summed E-state index contributed by atoms with van der Waals surface area (Å²) in [6, 6.07) is 22.5. The van der Waals surface area contributed by atoms with Gasteiger partial charge < -0.3 is 9.84 Å². The Bertz CT molecular complexity index is 1270. The molecule has 0 saturated heterocycles. The Hall–Kier alpha value is -3.43. The Balaban J connectivity index is 1.86. The van der Waals surface area contributed by atoms with E-state index in [9.17, 15) is 5.11 Å². The van der Waals surface area contributed by atoms with E-state index < -0.39 is 6.10 Å². The number of aliphatic hydroxyl groups is 1. The number of aliphatic hydroxyl groups excluding tert-OH is 1. The zero-order chi connectivity index (χ0) is 20.0. The molecule has 1 unspecified atom stereocenters. The van der Waals surface area contributed by atoms with Crippen LogP contribution in [0.4, 0.5) is 0 Å². The molecule has 0 radical (unpaired) electrons. The second-order valence-corrected chi connectivity index (χ2v) is 7.47. The third-order valence-electron chi connectivity index (χ3n) is 5.61. The van der Waals surface area contributed by atoms with Crippen LogP contribution in [0.5, 0.6) is 5.88 Å². The topological polar surface area (TPSA) is 42.4 Å². The summed E-state index contributed by atoms with van der Waals surface area (Å²) in [6.45, 7) is 2.09. The quantitative estimate of drug-likeness (QED) is 0.455. The number of fused-ring (bicyclic) bond motifs is 6. The van der Waals surface area contributed by atoms with Crippen LogP contribution < -0.4 is 4.74 Å². The van der Waals surface area contributed by atoms with Crippen molar-refractivity contribution in [2.75, 3.05) is 7.11 Å². The Labute approximate surface area is 169 Å². The van der Waals surface area contributed by atoms with Crippen molar-refractivity contribution in [2.24, 2.45) is 0 Å². The fraction of sp³-hybridized carbons (Fsp3) is 0.115. The molecule has 4 aromatic rings. The van der Waals surface area contributed by atoms with Gasteiger partial charge in [0.15, 0.2) is 0 Å². The monoisotopic (exact) mass is 379 g/mol. The smallest absolute Gasteiger partial charge is 0.214 e. The molecule has 1 heterocycles. The van der Waals surface area contributed by atoms with Gasteiger partial charge in [0.05, 0.1) is 12.6 Å². The van der Waals surface area contributed by atoms with Crippen LogP contribution in [-0.4, -0.2) is 17.2 Å². The van der Waals surface area contributed by atoms with Gasteiger partial charge in [0.1, 0.15) is 6.10 Å². The molecule has 1 N–H and O–H groups in total. The van der Waals surface area contributed by atoms with Crippen LogP contribution >= 0.6 is 0 Å². The molecule has 0 amide bonds. The van der Waals surface area contributed by atoms with Gasteiger partial charge in [0, 0.05) is 11.5 Å². The average Bonchev–Trinajstić information content (AvgIpc) is 2.77. The molecule has 1 atom stereocenters. The fourth-order valence-electron chi connectivity index (χ4n) is 3.93. The van der Waals surface area contributed by atoms with Crippen LogP contribution in [0.3, 0.4) is 0 Å². The van der Waals surface area contributed by atoms with Crippen molar-refractivity contribution in [3.63, 3.8) is 0 Å². The van der Waals surface area contributed by atoms with Crippen LogP contribution in [0.2, 0.25) is 0 Å². The molecule has 3 heteroatoms. The van der Waals surface area contributed by atoms with Gasteiger partial charge in [0.2, 0.25) is 5.88 Å². The lowest BCUT2D eigenvalue weighted by Gasteiger charge is -2.15. The molecular weight excluding hydrogens is 358 g/mol. The number of hydrogen-bond acceptors (Lipinski definition) is 3. The van der Waals surface area contributed by atoms with E-state index in [1.54, 1.807) is 7.11 Å². The van der Waals surface area contributed by atoms with Gasteiger partial charge >= 0.3 is 0 Å². The van der Waals surface area contributed by atoms with Crippen molar-refractivity contribution in [1.82, 2.24) is 4.98 Å². The highest BCUT2D eigenvalue weighted by atomic mass is 16.5. The maximum Gasteiger partial charge on any atom is 0.214 e. The van der Waals surface area contributed by atoms with Crippen molar-refractivity contribution >= 4 is 23.1 Å². The Morgan fingerprint density at radius 2 is 1.72 bits per heavy atom. The number of aromatic nitrogens is 1. The summed E-state index contributed by atoms with van der Waals surface area (Å²) < 4.78 is 5.44. The molecule has 6 bridgehead atoms. The third-order valence-corrected chi connectivity index (χ3v) is 5.61. The minimum absolute atomic E-state index is 0.577. The van der Waals surface area contributed by atoms with E-state index in [1.807, 2.05) is 30.3 Å². The van der Waals surface area contributed by atoms with Gasteiger partial charge in [-0.2, -0.15) is 0 Å². The first kappa shape index (κ1) is 17.7. The summed E-state index contributed by atoms with van der Waals surface area (Å²) in [5.74, 6) is 0.577. The molecule has 0 fully saturated rings. The van der Waals surface area contributed by atoms with Gasteiger partial charge in [0.25, 0.3) is 0 Å². The largest absolute Gasteiger partial charge is 0.481 e. The minimum atomic E-state index is -0.703. The van der Waals surface area contributed by atoms with Gasteiger partial charge in [-0.05, 0) is 70.1 Å². The molecule has 1 aliphatic rings. The molecule has 0 saturated carbocycles. The Morgan fingerprint density at radius 3 is 2.59 bits per heavy atom. The van der Waals surface area contributed by atoms with Gasteiger partial charge in [-0.3, -0.25) is 0 Å². The number of hydrogen-bond donors (Lipinski definition) is 1. The highest BCUT2D eigenvalue weighted by molar-refractivity contribution is 5.96. The maximum atomic E-state index is 11.1. The van der Waals surface area contributed by atoms with Crippen molar-refractivity contribution in [2.45, 2.75) is 13.0 Å². The maximum absolute atomic E-state index is 11.1. The molecule has 3 nitrogen and oxygen atoms in total. The molecule has 29 heavy (non-hydrogen) atoms. The summed E-state index contributed by atoms with van der Waals surface area (Å²) in [5, 5.41) is 12.1. The third kappa shape index (κ3) is 3.10. The van der Waals surface area contributed by atoms with Crippen LogP contribution in [0.25, 0.3) is 34.2 Å². The average molecular weight is 379 g/mol. The summed E-state index contributed by atoms with van der Waals surface area (Å²) in [5.41, 5.74) is 8.10. The Morgan fingerprint density at radius 1 is 0.897 bits per heavy atom. The molecule has 0 aliphatic heterocycles. The first-order valence-corrected chi connectivity index (χ1v) is 9.68. The lowest BCUT2D eigenvalue weighted by Crippen LogP contribution is -2.01. The van der Waals surface area contributed by atoms with Crippen LogP contribution in [0.1, 0.15) is 33.9 Å². The van der Waals surface area contributed by atoms with E-state index >= 15 is 0 Å². The summed E-state index contributed by atoms with van der Waals surface area (Å²) in [6.07, 6.45) is 3.53. The fourth-order valence-corrected chi connectivity index (χ4v) is 3.93. The molecule has 0 spiro atoms. The molecule has 3 aromatic carbocycles. The van der Waals surface area contributed by atoms with E-state index in [2.05, 4.69) is 60.5 Å². The number of methoxy groups -OCH3 is 1. The molecule has 1 aromatic heterocycles.